The van der Waals surface area contributed by atoms with Crippen molar-refractivity contribution in [2.75, 3.05) is 13.1 Å². The minimum absolute atomic E-state index is 0.0906. The first kappa shape index (κ1) is 18.0. The van der Waals surface area contributed by atoms with E-state index < -0.39 is 21.7 Å². The van der Waals surface area contributed by atoms with Gasteiger partial charge in [-0.3, -0.25) is 4.79 Å². The van der Waals surface area contributed by atoms with Gasteiger partial charge in [-0.2, -0.15) is 11.3 Å². The van der Waals surface area contributed by atoms with Crippen LogP contribution in [0.15, 0.2) is 39.9 Å². The lowest BCUT2D eigenvalue weighted by Crippen LogP contribution is -2.31. The molecule has 0 radical (unpaired) electrons. The van der Waals surface area contributed by atoms with Gasteiger partial charge in [0.25, 0.3) is 5.91 Å². The van der Waals surface area contributed by atoms with Gasteiger partial charge in [0.1, 0.15) is 5.82 Å². The largest absolute Gasteiger partial charge is 0.331 e. The Morgan fingerprint density at radius 1 is 1.40 bits per heavy atom. The molecule has 2 aromatic rings. The van der Waals surface area contributed by atoms with Crippen LogP contribution < -0.4 is 4.72 Å². The van der Waals surface area contributed by atoms with Crippen LogP contribution in [0.2, 0.25) is 0 Å². The molecular formula is C17H19FN2O3S2. The summed E-state index contributed by atoms with van der Waals surface area (Å²) in [5.74, 6) is -1.18. The molecule has 1 aliphatic rings. The first-order chi connectivity index (χ1) is 11.9. The number of thiophene rings is 1. The molecule has 1 atom stereocenters. The third kappa shape index (κ3) is 3.61. The van der Waals surface area contributed by atoms with Crippen molar-refractivity contribution in [1.29, 1.82) is 0 Å². The number of carbonyl (C=O) groups is 1. The quantitative estimate of drug-likeness (QED) is 0.864. The fraction of sp³-hybridized carbons (Fsp3) is 0.353. The number of likely N-dealkylation sites (tertiary alicyclic amines) is 1. The Kier molecular flexibility index (Phi) is 5.21. The van der Waals surface area contributed by atoms with Gasteiger partial charge in [0.2, 0.25) is 10.0 Å². The zero-order valence-electron chi connectivity index (χ0n) is 13.7. The first-order valence-corrected chi connectivity index (χ1v) is 10.5. The SMILES string of the molecule is CCNS(=O)(=O)c1ccc(F)c(C(=O)N2CCCC2c2ccsc2)c1. The number of nitrogens with one attached hydrogen (secondary N) is 1. The lowest BCUT2D eigenvalue weighted by Gasteiger charge is -2.24. The van der Waals surface area contributed by atoms with E-state index in [9.17, 15) is 17.6 Å². The predicted molar refractivity (Wildman–Crippen MR) is 94.6 cm³/mol. The summed E-state index contributed by atoms with van der Waals surface area (Å²) in [4.78, 5) is 14.4. The molecule has 5 nitrogen and oxygen atoms in total. The minimum Gasteiger partial charge on any atom is -0.331 e. The third-order valence-electron chi connectivity index (χ3n) is 4.25. The number of nitrogens with zero attached hydrogens (tertiary/aromatic N) is 1. The first-order valence-electron chi connectivity index (χ1n) is 8.06. The van der Waals surface area contributed by atoms with E-state index in [0.717, 1.165) is 30.5 Å². The molecule has 1 fully saturated rings. The lowest BCUT2D eigenvalue weighted by molar-refractivity contribution is 0.0731. The van der Waals surface area contributed by atoms with E-state index >= 15 is 0 Å². The van der Waals surface area contributed by atoms with Gasteiger partial charge in [-0.15, -0.1) is 0 Å². The summed E-state index contributed by atoms with van der Waals surface area (Å²) in [6.07, 6.45) is 1.66. The van der Waals surface area contributed by atoms with Gasteiger partial charge in [0.05, 0.1) is 16.5 Å². The minimum atomic E-state index is -3.75. The Labute approximate surface area is 150 Å². The van der Waals surface area contributed by atoms with Crippen LogP contribution in [0, 0.1) is 5.82 Å². The van der Waals surface area contributed by atoms with Crippen LogP contribution in [0.25, 0.3) is 0 Å². The third-order valence-corrected chi connectivity index (χ3v) is 6.50. The maximum absolute atomic E-state index is 14.3. The molecule has 3 rings (SSSR count). The molecule has 8 heteroatoms. The maximum Gasteiger partial charge on any atom is 0.257 e. The predicted octanol–water partition coefficient (Wildman–Crippen LogP) is 3.16. The summed E-state index contributed by atoms with van der Waals surface area (Å²) in [7, 11) is -3.75. The maximum atomic E-state index is 14.3. The molecule has 1 aliphatic heterocycles. The highest BCUT2D eigenvalue weighted by atomic mass is 32.2. The average Bonchev–Trinajstić information content (AvgIpc) is 3.25. The van der Waals surface area contributed by atoms with Crippen molar-refractivity contribution in [3.8, 4) is 0 Å². The molecule has 2 heterocycles. The van der Waals surface area contributed by atoms with Crippen molar-refractivity contribution in [2.24, 2.45) is 0 Å². The van der Waals surface area contributed by atoms with E-state index in [-0.39, 0.29) is 23.0 Å². The Balaban J connectivity index is 1.94. The topological polar surface area (TPSA) is 66.5 Å². The van der Waals surface area contributed by atoms with E-state index in [2.05, 4.69) is 4.72 Å². The van der Waals surface area contributed by atoms with Crippen molar-refractivity contribution in [2.45, 2.75) is 30.7 Å². The number of benzene rings is 1. The van der Waals surface area contributed by atoms with Gasteiger partial charge in [0.15, 0.2) is 0 Å². The second-order valence-electron chi connectivity index (χ2n) is 5.86. The Hall–Kier alpha value is -1.77. The van der Waals surface area contributed by atoms with Gasteiger partial charge in [0, 0.05) is 13.1 Å². The number of sulfonamides is 1. The number of carbonyl (C=O) groups excluding carboxylic acids is 1. The van der Waals surface area contributed by atoms with Gasteiger partial charge < -0.3 is 4.90 Å². The molecule has 1 amide bonds. The highest BCUT2D eigenvalue weighted by Crippen LogP contribution is 2.34. The molecule has 0 spiro atoms. The van der Waals surface area contributed by atoms with Crippen LogP contribution in [0.1, 0.15) is 41.7 Å². The van der Waals surface area contributed by atoms with Crippen molar-refractivity contribution >= 4 is 27.3 Å². The summed E-state index contributed by atoms with van der Waals surface area (Å²) in [5, 5.41) is 3.93. The fourth-order valence-corrected chi connectivity index (χ4v) is 4.86. The Morgan fingerprint density at radius 3 is 2.88 bits per heavy atom. The van der Waals surface area contributed by atoms with Crippen molar-refractivity contribution in [3.63, 3.8) is 0 Å². The van der Waals surface area contributed by atoms with E-state index in [1.165, 1.54) is 6.07 Å². The monoisotopic (exact) mass is 382 g/mol. The molecular weight excluding hydrogens is 363 g/mol. The Morgan fingerprint density at radius 2 is 2.20 bits per heavy atom. The van der Waals surface area contributed by atoms with E-state index in [0.29, 0.717) is 6.54 Å². The summed E-state index contributed by atoms with van der Waals surface area (Å²) < 4.78 is 40.9. The van der Waals surface area contributed by atoms with Crippen LogP contribution in [-0.4, -0.2) is 32.3 Å². The molecule has 1 saturated heterocycles. The summed E-state index contributed by atoms with van der Waals surface area (Å²) in [6, 6.07) is 5.20. The van der Waals surface area contributed by atoms with Crippen LogP contribution >= 0.6 is 11.3 Å². The van der Waals surface area contributed by atoms with Crippen molar-refractivity contribution < 1.29 is 17.6 Å². The zero-order valence-corrected chi connectivity index (χ0v) is 15.4. The number of halogens is 1. The summed E-state index contributed by atoms with van der Waals surface area (Å²) in [5.41, 5.74) is 0.828. The van der Waals surface area contributed by atoms with Crippen LogP contribution in [0.5, 0.6) is 0 Å². The highest BCUT2D eigenvalue weighted by molar-refractivity contribution is 7.89. The second-order valence-corrected chi connectivity index (χ2v) is 8.40. The molecule has 25 heavy (non-hydrogen) atoms. The summed E-state index contributed by atoms with van der Waals surface area (Å²) in [6.45, 7) is 2.40. The van der Waals surface area contributed by atoms with E-state index in [1.807, 2.05) is 16.8 Å². The van der Waals surface area contributed by atoms with E-state index in [4.69, 9.17) is 0 Å². The van der Waals surface area contributed by atoms with Gasteiger partial charge in [-0.05, 0) is 53.4 Å². The standard InChI is InChI=1S/C17H19FN2O3S2/c1-2-19-25(22,23)13-5-6-15(18)14(10-13)17(21)20-8-3-4-16(20)12-7-9-24-11-12/h5-7,9-11,16,19H,2-4,8H2,1H3. The van der Waals surface area contributed by atoms with Gasteiger partial charge in [-0.25, -0.2) is 17.5 Å². The van der Waals surface area contributed by atoms with Crippen molar-refractivity contribution in [3.05, 3.63) is 52.0 Å². The molecule has 0 bridgehead atoms. The van der Waals surface area contributed by atoms with Crippen molar-refractivity contribution in [1.82, 2.24) is 9.62 Å². The van der Waals surface area contributed by atoms with Crippen LogP contribution in [0.4, 0.5) is 4.39 Å². The molecule has 1 unspecified atom stereocenters. The van der Waals surface area contributed by atoms with Gasteiger partial charge in [-0.1, -0.05) is 6.92 Å². The fourth-order valence-electron chi connectivity index (χ4n) is 3.08. The number of rotatable bonds is 5. The van der Waals surface area contributed by atoms with Crippen LogP contribution in [-0.2, 0) is 10.0 Å². The van der Waals surface area contributed by atoms with Gasteiger partial charge >= 0.3 is 0 Å². The molecule has 1 aromatic carbocycles. The highest BCUT2D eigenvalue weighted by Gasteiger charge is 2.32. The lowest BCUT2D eigenvalue weighted by atomic mass is 10.1. The molecule has 0 saturated carbocycles. The van der Waals surface area contributed by atoms with Crippen LogP contribution in [0.3, 0.4) is 0 Å². The number of amides is 1. The number of hydrogen-bond donors (Lipinski definition) is 1. The molecule has 0 aliphatic carbocycles. The zero-order chi connectivity index (χ0) is 18.0. The molecule has 134 valence electrons. The van der Waals surface area contributed by atoms with E-state index in [1.54, 1.807) is 23.2 Å². The second kappa shape index (κ2) is 7.23. The Bertz CT molecular complexity index is 866. The smallest absolute Gasteiger partial charge is 0.257 e. The number of hydrogen-bond acceptors (Lipinski definition) is 4. The summed E-state index contributed by atoms with van der Waals surface area (Å²) >= 11 is 1.55. The average molecular weight is 382 g/mol. The molecule has 1 aromatic heterocycles. The normalized spacial score (nSPS) is 17.8. The molecule has 1 N–H and O–H groups in total.